The molecule has 0 spiro atoms. The van der Waals surface area contributed by atoms with Crippen molar-refractivity contribution in [1.29, 1.82) is 5.26 Å². The monoisotopic (exact) mass is 307 g/mol. The Hall–Kier alpha value is -3.01. The van der Waals surface area contributed by atoms with E-state index in [1.165, 1.54) is 36.4 Å². The van der Waals surface area contributed by atoms with Crippen LogP contribution in [0.2, 0.25) is 0 Å². The number of nitriles is 1. The van der Waals surface area contributed by atoms with E-state index in [1.807, 2.05) is 0 Å². The Morgan fingerprint density at radius 1 is 1.23 bits per heavy atom. The SMILES string of the molecule is N#C/C(=C\c1ccc(-c2ccccc2C(F)(F)F)o1)C(=O)O. The molecule has 0 radical (unpaired) electrons. The van der Waals surface area contributed by atoms with Crippen LogP contribution in [-0.2, 0) is 11.0 Å². The van der Waals surface area contributed by atoms with Gasteiger partial charge in [0.1, 0.15) is 23.2 Å². The van der Waals surface area contributed by atoms with Gasteiger partial charge >= 0.3 is 12.1 Å². The summed E-state index contributed by atoms with van der Waals surface area (Å²) in [5, 5.41) is 17.4. The van der Waals surface area contributed by atoms with Crippen LogP contribution in [0.3, 0.4) is 0 Å². The van der Waals surface area contributed by atoms with Crippen LogP contribution in [-0.4, -0.2) is 11.1 Å². The summed E-state index contributed by atoms with van der Waals surface area (Å²) in [6, 6.07) is 8.89. The Morgan fingerprint density at radius 3 is 2.50 bits per heavy atom. The van der Waals surface area contributed by atoms with Crippen LogP contribution in [0.5, 0.6) is 0 Å². The van der Waals surface area contributed by atoms with Crippen LogP contribution in [0.1, 0.15) is 11.3 Å². The van der Waals surface area contributed by atoms with Gasteiger partial charge in [0.15, 0.2) is 0 Å². The quantitative estimate of drug-likeness (QED) is 0.688. The molecule has 7 heteroatoms. The molecule has 1 aromatic heterocycles. The molecule has 0 fully saturated rings. The fourth-order valence-electron chi connectivity index (χ4n) is 1.80. The van der Waals surface area contributed by atoms with E-state index < -0.39 is 23.3 Å². The highest BCUT2D eigenvalue weighted by Crippen LogP contribution is 2.37. The molecule has 22 heavy (non-hydrogen) atoms. The molecule has 112 valence electrons. The van der Waals surface area contributed by atoms with Gasteiger partial charge in [0, 0.05) is 11.6 Å². The zero-order valence-electron chi connectivity index (χ0n) is 10.9. The lowest BCUT2D eigenvalue weighted by molar-refractivity contribution is -0.137. The van der Waals surface area contributed by atoms with Gasteiger partial charge in [-0.1, -0.05) is 18.2 Å². The number of carbonyl (C=O) groups is 1. The summed E-state index contributed by atoms with van der Waals surface area (Å²) >= 11 is 0. The number of carboxylic acid groups (broad SMARTS) is 1. The topological polar surface area (TPSA) is 74.2 Å². The number of hydrogen-bond donors (Lipinski definition) is 1. The molecule has 1 aromatic carbocycles. The van der Waals surface area contributed by atoms with Gasteiger partial charge in [0.25, 0.3) is 0 Å². The smallest absolute Gasteiger partial charge is 0.417 e. The van der Waals surface area contributed by atoms with Crippen molar-refractivity contribution < 1.29 is 27.5 Å². The zero-order chi connectivity index (χ0) is 16.3. The number of halogens is 3. The Morgan fingerprint density at radius 2 is 1.91 bits per heavy atom. The highest BCUT2D eigenvalue weighted by atomic mass is 19.4. The lowest BCUT2D eigenvalue weighted by Gasteiger charge is -2.10. The maximum absolute atomic E-state index is 12.9. The van der Waals surface area contributed by atoms with Crippen molar-refractivity contribution >= 4 is 12.0 Å². The number of alkyl halides is 3. The molecule has 0 aliphatic carbocycles. The minimum Gasteiger partial charge on any atom is -0.477 e. The number of rotatable bonds is 3. The zero-order valence-corrected chi connectivity index (χ0v) is 10.9. The largest absolute Gasteiger partial charge is 0.477 e. The van der Waals surface area contributed by atoms with E-state index in [2.05, 4.69) is 0 Å². The number of hydrogen-bond acceptors (Lipinski definition) is 3. The van der Waals surface area contributed by atoms with Crippen LogP contribution >= 0.6 is 0 Å². The molecule has 0 unspecified atom stereocenters. The van der Waals surface area contributed by atoms with E-state index in [1.54, 1.807) is 0 Å². The van der Waals surface area contributed by atoms with Crippen LogP contribution < -0.4 is 0 Å². The summed E-state index contributed by atoms with van der Waals surface area (Å²) in [6.45, 7) is 0. The molecule has 0 aliphatic heterocycles. The fraction of sp³-hybridized carbons (Fsp3) is 0.0667. The second kappa shape index (κ2) is 5.77. The van der Waals surface area contributed by atoms with Gasteiger partial charge in [-0.15, -0.1) is 0 Å². The Kier molecular flexibility index (Phi) is 4.04. The third-order valence-electron chi connectivity index (χ3n) is 2.76. The van der Waals surface area contributed by atoms with Gasteiger partial charge in [-0.3, -0.25) is 0 Å². The molecule has 4 nitrogen and oxygen atoms in total. The van der Waals surface area contributed by atoms with Gasteiger partial charge < -0.3 is 9.52 Å². The van der Waals surface area contributed by atoms with E-state index in [-0.39, 0.29) is 17.1 Å². The summed E-state index contributed by atoms with van der Waals surface area (Å²) in [6.07, 6.45) is -3.60. The molecule has 0 bridgehead atoms. The summed E-state index contributed by atoms with van der Waals surface area (Å²) < 4.78 is 44.0. The maximum atomic E-state index is 12.9. The first-order valence-corrected chi connectivity index (χ1v) is 5.94. The summed E-state index contributed by atoms with van der Waals surface area (Å²) in [5.74, 6) is -1.54. The van der Waals surface area contributed by atoms with Crippen molar-refractivity contribution in [3.05, 3.63) is 53.3 Å². The molecule has 1 N–H and O–H groups in total. The maximum Gasteiger partial charge on any atom is 0.417 e. The summed E-state index contributed by atoms with van der Waals surface area (Å²) in [4.78, 5) is 10.7. The highest BCUT2D eigenvalue weighted by Gasteiger charge is 2.34. The second-order valence-corrected chi connectivity index (χ2v) is 4.22. The average Bonchev–Trinajstić information content (AvgIpc) is 2.92. The van der Waals surface area contributed by atoms with Crippen LogP contribution in [0.25, 0.3) is 17.4 Å². The summed E-state index contributed by atoms with van der Waals surface area (Å²) in [7, 11) is 0. The standard InChI is InChI=1S/C15H8F3NO3/c16-15(17,18)12-4-2-1-3-11(12)13-6-5-10(22-13)7-9(8-19)14(20)21/h1-7H,(H,20,21)/b9-7+. The minimum atomic E-state index is -4.54. The molecule has 0 aliphatic rings. The van der Waals surface area contributed by atoms with Gasteiger partial charge in [0.05, 0.1) is 5.56 Å². The van der Waals surface area contributed by atoms with Crippen LogP contribution in [0, 0.1) is 11.3 Å². The van der Waals surface area contributed by atoms with E-state index in [0.29, 0.717) is 0 Å². The summed E-state index contributed by atoms with van der Waals surface area (Å²) in [5.41, 5.74) is -1.60. The Bertz CT molecular complexity index is 782. The molecular formula is C15H8F3NO3. The van der Waals surface area contributed by atoms with E-state index in [9.17, 15) is 18.0 Å². The second-order valence-electron chi connectivity index (χ2n) is 4.22. The molecule has 2 aromatic rings. The van der Waals surface area contributed by atoms with E-state index in [0.717, 1.165) is 12.1 Å². The van der Waals surface area contributed by atoms with Gasteiger partial charge in [-0.25, -0.2) is 4.79 Å². The lowest BCUT2D eigenvalue weighted by Crippen LogP contribution is -2.06. The third kappa shape index (κ3) is 3.17. The third-order valence-corrected chi connectivity index (χ3v) is 2.76. The number of nitrogens with zero attached hydrogens (tertiary/aromatic N) is 1. The van der Waals surface area contributed by atoms with E-state index in [4.69, 9.17) is 14.8 Å². The first kappa shape index (κ1) is 15.4. The minimum absolute atomic E-state index is 0.0223. The lowest BCUT2D eigenvalue weighted by atomic mass is 10.1. The van der Waals surface area contributed by atoms with Gasteiger partial charge in [-0.2, -0.15) is 18.4 Å². The predicted octanol–water partition coefficient (Wildman–Crippen LogP) is 3.96. The number of furan rings is 1. The van der Waals surface area contributed by atoms with Crippen molar-refractivity contribution in [2.24, 2.45) is 0 Å². The van der Waals surface area contributed by atoms with Crippen molar-refractivity contribution in [3.63, 3.8) is 0 Å². The Labute approximate surface area is 122 Å². The van der Waals surface area contributed by atoms with Gasteiger partial charge in [-0.05, 0) is 18.2 Å². The van der Waals surface area contributed by atoms with Crippen molar-refractivity contribution in [2.75, 3.05) is 0 Å². The van der Waals surface area contributed by atoms with Crippen molar-refractivity contribution in [2.45, 2.75) is 6.18 Å². The molecule has 0 saturated carbocycles. The van der Waals surface area contributed by atoms with Crippen LogP contribution in [0.15, 0.2) is 46.4 Å². The first-order valence-electron chi connectivity index (χ1n) is 5.94. The van der Waals surface area contributed by atoms with Crippen molar-refractivity contribution in [3.8, 4) is 17.4 Å². The van der Waals surface area contributed by atoms with E-state index >= 15 is 0 Å². The highest BCUT2D eigenvalue weighted by molar-refractivity contribution is 5.96. The van der Waals surface area contributed by atoms with Crippen LogP contribution in [0.4, 0.5) is 13.2 Å². The number of benzene rings is 1. The molecule has 0 saturated heterocycles. The molecule has 0 amide bonds. The molecule has 1 heterocycles. The predicted molar refractivity (Wildman–Crippen MR) is 70.4 cm³/mol. The van der Waals surface area contributed by atoms with Gasteiger partial charge in [0.2, 0.25) is 0 Å². The average molecular weight is 307 g/mol. The normalized spacial score (nSPS) is 12.0. The van der Waals surface area contributed by atoms with Crippen molar-refractivity contribution in [1.82, 2.24) is 0 Å². The molecule has 0 atom stereocenters. The molecular weight excluding hydrogens is 299 g/mol. The number of carboxylic acids is 1. The molecule has 2 rings (SSSR count). The fourth-order valence-corrected chi connectivity index (χ4v) is 1.80. The first-order chi connectivity index (χ1) is 10.3. The number of aliphatic carboxylic acids is 1. The Balaban J connectivity index is 2.47.